The van der Waals surface area contributed by atoms with E-state index in [1.165, 1.54) is 18.5 Å². The summed E-state index contributed by atoms with van der Waals surface area (Å²) in [5.41, 5.74) is 5.36. The molecule has 4 nitrogen and oxygen atoms in total. The summed E-state index contributed by atoms with van der Waals surface area (Å²) in [4.78, 5) is 14.8. The molecular weight excluding hydrogens is 235 g/mol. The monoisotopic (exact) mass is 243 g/mol. The lowest BCUT2D eigenvalue weighted by Crippen LogP contribution is -2.18. The van der Waals surface area contributed by atoms with Crippen LogP contribution in [-0.4, -0.2) is 21.8 Å². The summed E-state index contributed by atoms with van der Waals surface area (Å²) in [5.74, 6) is 0. The first-order valence-corrected chi connectivity index (χ1v) is 4.69. The van der Waals surface area contributed by atoms with Crippen LogP contribution in [0.5, 0.6) is 0 Å². The summed E-state index contributed by atoms with van der Waals surface area (Å²) in [6, 6.07) is 0.590. The molecule has 0 saturated carbocycles. The van der Waals surface area contributed by atoms with Crippen LogP contribution in [0.4, 0.5) is 18.0 Å². The van der Waals surface area contributed by atoms with E-state index >= 15 is 0 Å². The summed E-state index contributed by atoms with van der Waals surface area (Å²) in [7, 11) is 0. The average Bonchev–Trinajstić information content (AvgIpc) is 2.55. The van der Waals surface area contributed by atoms with Gasteiger partial charge in [-0.25, -0.2) is 4.79 Å². The van der Waals surface area contributed by atoms with Gasteiger partial charge >= 0.3 is 12.2 Å². The number of fused-ring (bicyclic) bond motifs is 1. The molecule has 90 valence electrons. The smallest absolute Gasteiger partial charge is 0.351 e. The summed E-state index contributed by atoms with van der Waals surface area (Å²) in [6.45, 7) is 0. The first-order chi connectivity index (χ1) is 7.88. The van der Waals surface area contributed by atoms with E-state index in [1.807, 2.05) is 0 Å². The Bertz CT molecular complexity index is 574. The number of halogens is 3. The minimum atomic E-state index is -4.33. The summed E-state index contributed by atoms with van der Waals surface area (Å²) in [6.07, 6.45) is -1.66. The van der Waals surface area contributed by atoms with Crippen molar-refractivity contribution >= 4 is 16.9 Å². The van der Waals surface area contributed by atoms with Crippen molar-refractivity contribution in [2.75, 3.05) is 0 Å². The molecule has 0 saturated heterocycles. The molecule has 0 aliphatic heterocycles. The molecule has 2 aromatic rings. The minimum absolute atomic E-state index is 0.00806. The van der Waals surface area contributed by atoms with Gasteiger partial charge in [0.15, 0.2) is 0 Å². The number of aromatic nitrogens is 2. The van der Waals surface area contributed by atoms with Gasteiger partial charge in [-0.2, -0.15) is 13.2 Å². The van der Waals surface area contributed by atoms with Gasteiger partial charge in [0.2, 0.25) is 0 Å². The van der Waals surface area contributed by atoms with Crippen LogP contribution in [0.3, 0.4) is 0 Å². The van der Waals surface area contributed by atoms with Crippen LogP contribution in [0.2, 0.25) is 0 Å². The third kappa shape index (κ3) is 2.22. The molecule has 1 amide bonds. The van der Waals surface area contributed by atoms with Crippen LogP contribution in [0.15, 0.2) is 24.7 Å². The van der Waals surface area contributed by atoms with Crippen LogP contribution in [0, 0.1) is 0 Å². The first-order valence-electron chi connectivity index (χ1n) is 4.69. The Balaban J connectivity index is 2.61. The van der Waals surface area contributed by atoms with Crippen molar-refractivity contribution in [1.29, 1.82) is 0 Å². The molecule has 0 unspecified atom stereocenters. The molecular formula is C10H8F3N3O. The molecule has 0 radical (unpaired) electrons. The predicted molar refractivity (Wildman–Crippen MR) is 54.5 cm³/mol. The standard InChI is InChI=1S/C10H8F3N3O/c11-10(12,13)3-6-5-16(9(14)17)8-4-15-2-1-7(6)8/h1-2,4-5H,3H2,(H2,14,17). The van der Waals surface area contributed by atoms with Gasteiger partial charge in [-0.3, -0.25) is 9.55 Å². The van der Waals surface area contributed by atoms with Crippen molar-refractivity contribution in [3.05, 3.63) is 30.2 Å². The van der Waals surface area contributed by atoms with E-state index in [0.29, 0.717) is 5.39 Å². The normalized spacial score (nSPS) is 11.9. The summed E-state index contributed by atoms with van der Waals surface area (Å²) in [5, 5.41) is 0.330. The fourth-order valence-corrected chi connectivity index (χ4v) is 1.68. The number of amides is 1. The van der Waals surface area contributed by atoms with E-state index in [1.54, 1.807) is 0 Å². The third-order valence-electron chi connectivity index (χ3n) is 2.32. The van der Waals surface area contributed by atoms with Crippen LogP contribution in [0.25, 0.3) is 10.9 Å². The van der Waals surface area contributed by atoms with E-state index in [0.717, 1.165) is 10.8 Å². The topological polar surface area (TPSA) is 60.9 Å². The average molecular weight is 243 g/mol. The molecule has 2 heterocycles. The van der Waals surface area contributed by atoms with E-state index in [-0.39, 0.29) is 11.1 Å². The molecule has 0 atom stereocenters. The van der Waals surface area contributed by atoms with Gasteiger partial charge in [0.1, 0.15) is 0 Å². The highest BCUT2D eigenvalue weighted by Gasteiger charge is 2.29. The molecule has 0 aliphatic rings. The Morgan fingerprint density at radius 1 is 1.47 bits per heavy atom. The number of nitrogens with zero attached hydrogens (tertiary/aromatic N) is 2. The quantitative estimate of drug-likeness (QED) is 0.833. The summed E-state index contributed by atoms with van der Waals surface area (Å²) < 4.78 is 38.0. The highest BCUT2D eigenvalue weighted by molar-refractivity contribution is 5.92. The van der Waals surface area contributed by atoms with Crippen LogP contribution < -0.4 is 5.73 Å². The molecule has 17 heavy (non-hydrogen) atoms. The fraction of sp³-hybridized carbons (Fsp3) is 0.200. The van der Waals surface area contributed by atoms with Gasteiger partial charge < -0.3 is 5.73 Å². The van der Waals surface area contributed by atoms with E-state index < -0.39 is 18.6 Å². The zero-order valence-electron chi connectivity index (χ0n) is 8.53. The molecule has 0 fully saturated rings. The van der Waals surface area contributed by atoms with Gasteiger partial charge in [0, 0.05) is 17.8 Å². The number of carbonyl (C=O) groups excluding carboxylic acids is 1. The number of hydrogen-bond acceptors (Lipinski definition) is 2. The van der Waals surface area contributed by atoms with Gasteiger partial charge in [-0.05, 0) is 11.6 Å². The highest BCUT2D eigenvalue weighted by Crippen LogP contribution is 2.27. The van der Waals surface area contributed by atoms with Crippen molar-refractivity contribution in [3.8, 4) is 0 Å². The second kappa shape index (κ2) is 3.76. The van der Waals surface area contributed by atoms with Crippen molar-refractivity contribution in [1.82, 2.24) is 9.55 Å². The van der Waals surface area contributed by atoms with Gasteiger partial charge in [-0.15, -0.1) is 0 Å². The number of primary amides is 1. The second-order valence-electron chi connectivity index (χ2n) is 3.55. The lowest BCUT2D eigenvalue weighted by Gasteiger charge is -2.03. The van der Waals surface area contributed by atoms with Crippen LogP contribution in [0.1, 0.15) is 5.56 Å². The molecule has 2 aromatic heterocycles. The van der Waals surface area contributed by atoms with Crippen molar-refractivity contribution in [3.63, 3.8) is 0 Å². The van der Waals surface area contributed by atoms with E-state index in [2.05, 4.69) is 4.98 Å². The Morgan fingerprint density at radius 3 is 2.76 bits per heavy atom. The maximum absolute atomic E-state index is 12.3. The molecule has 0 aromatic carbocycles. The maximum atomic E-state index is 12.3. The van der Waals surface area contributed by atoms with E-state index in [9.17, 15) is 18.0 Å². The number of pyridine rings is 1. The Morgan fingerprint density at radius 2 is 2.18 bits per heavy atom. The van der Waals surface area contributed by atoms with Crippen molar-refractivity contribution in [2.24, 2.45) is 5.73 Å². The molecule has 0 spiro atoms. The fourth-order valence-electron chi connectivity index (χ4n) is 1.68. The molecule has 2 rings (SSSR count). The molecule has 2 N–H and O–H groups in total. The molecule has 0 bridgehead atoms. The highest BCUT2D eigenvalue weighted by atomic mass is 19.4. The zero-order valence-corrected chi connectivity index (χ0v) is 8.53. The van der Waals surface area contributed by atoms with Crippen molar-refractivity contribution < 1.29 is 18.0 Å². The SMILES string of the molecule is NC(=O)n1cc(CC(F)(F)F)c2ccncc21. The number of hydrogen-bond donors (Lipinski definition) is 1. The Kier molecular flexibility index (Phi) is 2.53. The van der Waals surface area contributed by atoms with Gasteiger partial charge in [-0.1, -0.05) is 0 Å². The van der Waals surface area contributed by atoms with Gasteiger partial charge in [0.25, 0.3) is 0 Å². The largest absolute Gasteiger partial charge is 0.393 e. The zero-order chi connectivity index (χ0) is 12.6. The van der Waals surface area contributed by atoms with Gasteiger partial charge in [0.05, 0.1) is 18.1 Å². The Labute approximate surface area is 93.8 Å². The van der Waals surface area contributed by atoms with E-state index in [4.69, 9.17) is 5.73 Å². The number of carbonyl (C=O) groups is 1. The summed E-state index contributed by atoms with van der Waals surface area (Å²) >= 11 is 0. The number of nitrogens with two attached hydrogens (primary N) is 1. The Hall–Kier alpha value is -2.05. The van der Waals surface area contributed by atoms with Crippen molar-refractivity contribution in [2.45, 2.75) is 12.6 Å². The maximum Gasteiger partial charge on any atom is 0.393 e. The van der Waals surface area contributed by atoms with Crippen LogP contribution >= 0.6 is 0 Å². The lowest BCUT2D eigenvalue weighted by molar-refractivity contribution is -0.127. The molecule has 7 heteroatoms. The first kappa shape index (κ1) is 11.4. The molecule has 0 aliphatic carbocycles. The number of alkyl halides is 3. The minimum Gasteiger partial charge on any atom is -0.351 e. The predicted octanol–water partition coefficient (Wildman–Crippen LogP) is 2.07. The lowest BCUT2D eigenvalue weighted by atomic mass is 10.1. The third-order valence-corrected chi connectivity index (χ3v) is 2.32. The second-order valence-corrected chi connectivity index (χ2v) is 3.55. The number of rotatable bonds is 1. The van der Waals surface area contributed by atoms with Crippen LogP contribution in [-0.2, 0) is 6.42 Å².